The number of nitrogens with one attached hydrogen (secondary N) is 2. The van der Waals surface area contributed by atoms with Gasteiger partial charge in [0.1, 0.15) is 17.2 Å². The highest BCUT2D eigenvalue weighted by Gasteiger charge is 2.40. The number of carbonyl (C=O) groups is 3. The summed E-state index contributed by atoms with van der Waals surface area (Å²) in [4.78, 5) is 37.2. The van der Waals surface area contributed by atoms with Crippen molar-refractivity contribution >= 4 is 46.2 Å². The first-order valence-electron chi connectivity index (χ1n) is 9.66. The van der Waals surface area contributed by atoms with Crippen molar-refractivity contribution < 1.29 is 27.9 Å². The predicted octanol–water partition coefficient (Wildman–Crippen LogP) is 3.19. The van der Waals surface area contributed by atoms with Gasteiger partial charge in [0.05, 0.1) is 21.2 Å². The van der Waals surface area contributed by atoms with Crippen LogP contribution in [0.1, 0.15) is 52.0 Å². The van der Waals surface area contributed by atoms with Crippen LogP contribution in [0.3, 0.4) is 0 Å². The maximum absolute atomic E-state index is 15.1. The zero-order valence-corrected chi connectivity index (χ0v) is 19.3. The van der Waals surface area contributed by atoms with Gasteiger partial charge >= 0.3 is 6.09 Å². The molecule has 3 amide bonds. The molecule has 2 heterocycles. The Bertz CT molecular complexity index is 903. The Morgan fingerprint density at radius 2 is 2.00 bits per heavy atom. The first kappa shape index (κ1) is 22.7. The summed E-state index contributed by atoms with van der Waals surface area (Å²) in [7, 11) is 0. The number of hydrogen-bond donors (Lipinski definition) is 2. The lowest BCUT2D eigenvalue weighted by molar-refractivity contribution is -0.134. The van der Waals surface area contributed by atoms with Gasteiger partial charge in [-0.15, -0.1) is 0 Å². The Morgan fingerprint density at radius 1 is 1.33 bits per heavy atom. The second kappa shape index (κ2) is 8.27. The molecule has 1 aromatic rings. The van der Waals surface area contributed by atoms with E-state index in [1.165, 1.54) is 6.07 Å². The fourth-order valence-corrected chi connectivity index (χ4v) is 4.40. The number of halogens is 3. The summed E-state index contributed by atoms with van der Waals surface area (Å²) in [6, 6.07) is 0.784. The molecule has 30 heavy (non-hydrogen) atoms. The monoisotopic (exact) mass is 535 g/mol. The molecule has 0 aliphatic carbocycles. The molecule has 0 bridgehead atoms. The van der Waals surface area contributed by atoms with Crippen LogP contribution in [0.25, 0.3) is 0 Å². The van der Waals surface area contributed by atoms with E-state index in [2.05, 4.69) is 10.6 Å². The zero-order chi connectivity index (χ0) is 22.4. The van der Waals surface area contributed by atoms with Crippen molar-refractivity contribution in [1.29, 1.82) is 0 Å². The van der Waals surface area contributed by atoms with Crippen molar-refractivity contribution in [3.63, 3.8) is 0 Å². The minimum absolute atomic E-state index is 0.0365. The third-order valence-corrected chi connectivity index (χ3v) is 6.27. The van der Waals surface area contributed by atoms with Gasteiger partial charge in [-0.3, -0.25) is 14.9 Å². The number of carbonyl (C=O) groups excluding carboxylic acids is 3. The van der Waals surface area contributed by atoms with Crippen LogP contribution in [0, 0.1) is 15.2 Å². The molecule has 3 atom stereocenters. The highest BCUT2D eigenvalue weighted by Crippen LogP contribution is 2.38. The first-order chi connectivity index (χ1) is 13.9. The summed E-state index contributed by atoms with van der Waals surface area (Å²) in [6.07, 6.45) is -0.440. The van der Waals surface area contributed by atoms with Gasteiger partial charge in [-0.25, -0.2) is 13.6 Å². The molecule has 0 spiro atoms. The first-order valence-corrected chi connectivity index (χ1v) is 10.7. The molecule has 2 aliphatic rings. The third-order valence-electron chi connectivity index (χ3n) is 5.24. The van der Waals surface area contributed by atoms with Crippen molar-refractivity contribution in [1.82, 2.24) is 10.6 Å². The molecule has 2 aliphatic heterocycles. The van der Waals surface area contributed by atoms with Crippen molar-refractivity contribution in [2.24, 2.45) is 0 Å². The molecular weight excluding hydrogens is 511 g/mol. The van der Waals surface area contributed by atoms with Crippen LogP contribution in [0.2, 0.25) is 0 Å². The Kier molecular flexibility index (Phi) is 6.26. The van der Waals surface area contributed by atoms with Crippen LogP contribution in [0.5, 0.6) is 0 Å². The summed E-state index contributed by atoms with van der Waals surface area (Å²) in [5.41, 5.74) is -0.578. The molecule has 2 fully saturated rings. The Morgan fingerprint density at radius 3 is 2.57 bits per heavy atom. The fraction of sp³-hybridized carbons (Fsp3) is 0.550. The number of hydrogen-bond acceptors (Lipinski definition) is 5. The molecule has 0 aromatic heterocycles. The molecule has 10 heteroatoms. The van der Waals surface area contributed by atoms with Gasteiger partial charge in [-0.1, -0.05) is 0 Å². The summed E-state index contributed by atoms with van der Waals surface area (Å²) >= 11 is 1.79. The van der Waals surface area contributed by atoms with Crippen molar-refractivity contribution in [2.75, 3.05) is 11.4 Å². The SMILES string of the molecule is C[C@@H]1[C@@H](NC(=O)OC(C)(C)C)CN1c1cc(F)c(C2CCC(=O)NC2=O)c(F)c1I. The summed E-state index contributed by atoms with van der Waals surface area (Å²) in [6.45, 7) is 7.50. The topological polar surface area (TPSA) is 87.7 Å². The van der Waals surface area contributed by atoms with Gasteiger partial charge < -0.3 is 15.0 Å². The minimum Gasteiger partial charge on any atom is -0.444 e. The van der Waals surface area contributed by atoms with Gasteiger partial charge in [0.15, 0.2) is 0 Å². The molecule has 0 saturated carbocycles. The largest absolute Gasteiger partial charge is 0.444 e. The van der Waals surface area contributed by atoms with E-state index < -0.39 is 41.1 Å². The number of amides is 3. The molecule has 3 rings (SSSR count). The molecule has 1 unspecified atom stereocenters. The molecule has 2 saturated heterocycles. The normalized spacial score (nSPS) is 24.2. The summed E-state index contributed by atoms with van der Waals surface area (Å²) < 4.78 is 35.4. The summed E-state index contributed by atoms with van der Waals surface area (Å²) in [5.74, 6) is -3.79. The van der Waals surface area contributed by atoms with E-state index in [4.69, 9.17) is 4.74 Å². The molecule has 1 aromatic carbocycles. The Labute approximate surface area is 187 Å². The average Bonchev–Trinajstić information content (AvgIpc) is 2.62. The second-order valence-corrected chi connectivity index (χ2v) is 9.65. The van der Waals surface area contributed by atoms with Crippen LogP contribution in [0.4, 0.5) is 19.3 Å². The van der Waals surface area contributed by atoms with Gasteiger partial charge in [0.2, 0.25) is 11.8 Å². The van der Waals surface area contributed by atoms with Gasteiger partial charge in [-0.2, -0.15) is 0 Å². The quantitative estimate of drug-likeness (QED) is 0.353. The highest BCUT2D eigenvalue weighted by atomic mass is 127. The number of ether oxygens (including phenoxy) is 1. The van der Waals surface area contributed by atoms with Gasteiger partial charge in [0, 0.05) is 24.6 Å². The average molecular weight is 535 g/mol. The molecule has 164 valence electrons. The minimum atomic E-state index is -1.04. The number of nitrogens with zero attached hydrogens (tertiary/aromatic N) is 1. The van der Waals surface area contributed by atoms with Gasteiger partial charge in [-0.05, 0) is 62.8 Å². The predicted molar refractivity (Wildman–Crippen MR) is 114 cm³/mol. The lowest BCUT2D eigenvalue weighted by Crippen LogP contribution is -2.66. The highest BCUT2D eigenvalue weighted by molar-refractivity contribution is 14.1. The van der Waals surface area contributed by atoms with Crippen molar-refractivity contribution in [3.05, 3.63) is 26.8 Å². The van der Waals surface area contributed by atoms with E-state index in [1.807, 2.05) is 6.92 Å². The van der Waals surface area contributed by atoms with Crippen LogP contribution in [-0.2, 0) is 14.3 Å². The standard InChI is InChI=1S/C20H24F2IN3O4/c1-9-12(24-19(29)30-20(2,3)4)8-26(9)13-7-11(21)15(16(22)17(13)23)10-5-6-14(27)25-18(10)28/h7,9-10,12H,5-6,8H2,1-4H3,(H,24,29)(H,25,27,28)/t9-,10?,12+/m1/s1. The van der Waals surface area contributed by atoms with E-state index in [-0.39, 0.29) is 34.1 Å². The summed E-state index contributed by atoms with van der Waals surface area (Å²) in [5, 5.41) is 4.90. The van der Waals surface area contributed by atoms with E-state index in [1.54, 1.807) is 48.3 Å². The number of piperidine rings is 1. The van der Waals surface area contributed by atoms with E-state index in [0.29, 0.717) is 12.2 Å². The molecule has 7 nitrogen and oxygen atoms in total. The maximum atomic E-state index is 15.1. The van der Waals surface area contributed by atoms with Crippen molar-refractivity contribution in [3.8, 4) is 0 Å². The molecule has 2 N–H and O–H groups in total. The van der Waals surface area contributed by atoms with Crippen LogP contribution in [0.15, 0.2) is 6.07 Å². The van der Waals surface area contributed by atoms with E-state index in [0.717, 1.165) is 0 Å². The fourth-order valence-electron chi connectivity index (χ4n) is 3.65. The molecule has 0 radical (unpaired) electrons. The van der Waals surface area contributed by atoms with Crippen LogP contribution >= 0.6 is 22.6 Å². The molecular formula is C20H24F2IN3O4. The van der Waals surface area contributed by atoms with E-state index in [9.17, 15) is 18.8 Å². The number of alkyl carbamates (subject to hydrolysis) is 1. The number of anilines is 1. The zero-order valence-electron chi connectivity index (χ0n) is 17.1. The lowest BCUT2D eigenvalue weighted by Gasteiger charge is -2.48. The smallest absolute Gasteiger partial charge is 0.408 e. The van der Waals surface area contributed by atoms with Crippen LogP contribution in [-0.4, -0.2) is 42.1 Å². The Hall–Kier alpha value is -1.98. The second-order valence-electron chi connectivity index (χ2n) is 8.57. The van der Waals surface area contributed by atoms with Crippen molar-refractivity contribution in [2.45, 2.75) is 64.1 Å². The van der Waals surface area contributed by atoms with Gasteiger partial charge in [0.25, 0.3) is 0 Å². The maximum Gasteiger partial charge on any atom is 0.408 e. The number of imide groups is 1. The lowest BCUT2D eigenvalue weighted by atomic mass is 9.89. The third kappa shape index (κ3) is 4.52. The van der Waals surface area contributed by atoms with Crippen LogP contribution < -0.4 is 15.5 Å². The van der Waals surface area contributed by atoms with E-state index >= 15 is 4.39 Å². The number of benzene rings is 1. The Balaban J connectivity index is 1.76. The number of rotatable bonds is 3.